The van der Waals surface area contributed by atoms with Crippen LogP contribution in [0.15, 0.2) is 24.8 Å². The van der Waals surface area contributed by atoms with Crippen LogP contribution in [0.1, 0.15) is 21.5 Å². The number of hydrogen-bond acceptors (Lipinski definition) is 3. The maximum Gasteiger partial charge on any atom is 0.341 e. The number of benzene rings is 1. The van der Waals surface area contributed by atoms with Crippen molar-refractivity contribution in [1.29, 1.82) is 0 Å². The van der Waals surface area contributed by atoms with Crippen molar-refractivity contribution in [3.8, 4) is 5.75 Å². The Morgan fingerprint density at radius 2 is 2.00 bits per heavy atom. The summed E-state index contributed by atoms with van der Waals surface area (Å²) in [6.45, 7) is 7.85. The first-order chi connectivity index (χ1) is 7.60. The van der Waals surface area contributed by atoms with Crippen molar-refractivity contribution in [2.45, 2.75) is 13.8 Å². The van der Waals surface area contributed by atoms with E-state index in [9.17, 15) is 4.79 Å². The van der Waals surface area contributed by atoms with Crippen molar-refractivity contribution < 1.29 is 14.3 Å². The third kappa shape index (κ3) is 2.63. The molecule has 0 unspecified atom stereocenters. The van der Waals surface area contributed by atoms with Gasteiger partial charge in [-0.15, -0.1) is 0 Å². The lowest BCUT2D eigenvalue weighted by Gasteiger charge is -2.11. The third-order valence-electron chi connectivity index (χ3n) is 2.36. The molecule has 0 aliphatic heterocycles. The third-order valence-corrected chi connectivity index (χ3v) is 2.36. The van der Waals surface area contributed by atoms with Gasteiger partial charge < -0.3 is 9.47 Å². The van der Waals surface area contributed by atoms with Gasteiger partial charge >= 0.3 is 5.97 Å². The molecular formula is C13H16O3. The summed E-state index contributed by atoms with van der Waals surface area (Å²) >= 11 is 0. The highest BCUT2D eigenvalue weighted by Gasteiger charge is 2.14. The number of aryl methyl sites for hydroxylation is 2. The molecule has 0 fully saturated rings. The second-order valence-corrected chi connectivity index (χ2v) is 3.52. The summed E-state index contributed by atoms with van der Waals surface area (Å²) in [5.41, 5.74) is 2.56. The predicted octanol–water partition coefficient (Wildman–Crippen LogP) is 2.65. The Bertz CT molecular complexity index is 408. The topological polar surface area (TPSA) is 35.5 Å². The van der Waals surface area contributed by atoms with Gasteiger partial charge in [-0.1, -0.05) is 12.7 Å². The van der Waals surface area contributed by atoms with Crippen molar-refractivity contribution in [2.75, 3.05) is 13.7 Å². The molecule has 0 amide bonds. The highest BCUT2D eigenvalue weighted by Crippen LogP contribution is 2.24. The lowest BCUT2D eigenvalue weighted by Crippen LogP contribution is -2.07. The number of carbonyl (C=O) groups is 1. The summed E-state index contributed by atoms with van der Waals surface area (Å²) < 4.78 is 10.1. The van der Waals surface area contributed by atoms with Crippen molar-refractivity contribution in [1.82, 2.24) is 0 Å². The second-order valence-electron chi connectivity index (χ2n) is 3.52. The smallest absolute Gasteiger partial charge is 0.341 e. The summed E-state index contributed by atoms with van der Waals surface area (Å²) in [5, 5.41) is 0. The van der Waals surface area contributed by atoms with Gasteiger partial charge in [-0.3, -0.25) is 0 Å². The maximum atomic E-state index is 11.5. The van der Waals surface area contributed by atoms with Crippen molar-refractivity contribution >= 4 is 5.97 Å². The van der Waals surface area contributed by atoms with Crippen LogP contribution in [0.4, 0.5) is 0 Å². The molecule has 0 N–H and O–H groups in total. The van der Waals surface area contributed by atoms with Crippen molar-refractivity contribution in [2.24, 2.45) is 0 Å². The van der Waals surface area contributed by atoms with Gasteiger partial charge in [0.1, 0.15) is 17.9 Å². The highest BCUT2D eigenvalue weighted by atomic mass is 16.5. The fourth-order valence-electron chi connectivity index (χ4n) is 1.33. The molecule has 1 aromatic rings. The van der Waals surface area contributed by atoms with Crippen LogP contribution in [-0.2, 0) is 4.74 Å². The molecule has 0 heterocycles. The molecule has 0 atom stereocenters. The predicted molar refractivity (Wildman–Crippen MR) is 62.9 cm³/mol. The van der Waals surface area contributed by atoms with E-state index in [0.29, 0.717) is 17.9 Å². The van der Waals surface area contributed by atoms with Gasteiger partial charge in [0.2, 0.25) is 0 Å². The Balaban J connectivity index is 3.15. The van der Waals surface area contributed by atoms with E-state index in [0.717, 1.165) is 11.1 Å². The summed E-state index contributed by atoms with van der Waals surface area (Å²) in [4.78, 5) is 11.5. The minimum absolute atomic E-state index is 0.368. The van der Waals surface area contributed by atoms with Gasteiger partial charge in [0, 0.05) is 0 Å². The van der Waals surface area contributed by atoms with E-state index >= 15 is 0 Å². The number of rotatable bonds is 4. The summed E-state index contributed by atoms with van der Waals surface area (Å²) in [5.74, 6) is 0.150. The molecule has 0 bridgehead atoms. The molecule has 0 spiro atoms. The fourth-order valence-corrected chi connectivity index (χ4v) is 1.33. The molecule has 0 radical (unpaired) electrons. The van der Waals surface area contributed by atoms with Crippen LogP contribution < -0.4 is 4.74 Å². The van der Waals surface area contributed by atoms with E-state index in [1.54, 1.807) is 12.1 Å². The number of esters is 1. The SMILES string of the molecule is C=CCOc1cc(C)c(C)cc1C(=O)OC. The number of methoxy groups -OCH3 is 1. The number of hydrogen-bond donors (Lipinski definition) is 0. The number of ether oxygens (including phenoxy) is 2. The maximum absolute atomic E-state index is 11.5. The van der Waals surface area contributed by atoms with Crippen LogP contribution in [0.2, 0.25) is 0 Å². The highest BCUT2D eigenvalue weighted by molar-refractivity contribution is 5.92. The first kappa shape index (κ1) is 12.3. The van der Waals surface area contributed by atoms with E-state index in [4.69, 9.17) is 9.47 Å². The minimum atomic E-state index is -0.387. The Morgan fingerprint density at radius 3 is 2.56 bits per heavy atom. The largest absolute Gasteiger partial charge is 0.489 e. The van der Waals surface area contributed by atoms with Gasteiger partial charge in [-0.2, -0.15) is 0 Å². The van der Waals surface area contributed by atoms with Gasteiger partial charge in [-0.05, 0) is 37.1 Å². The van der Waals surface area contributed by atoms with Crippen LogP contribution >= 0.6 is 0 Å². The molecule has 0 saturated heterocycles. The Hall–Kier alpha value is -1.77. The lowest BCUT2D eigenvalue weighted by molar-refractivity contribution is 0.0596. The van der Waals surface area contributed by atoms with Crippen molar-refractivity contribution in [3.63, 3.8) is 0 Å². The van der Waals surface area contributed by atoms with Gasteiger partial charge in [0.15, 0.2) is 0 Å². The average Bonchev–Trinajstić information content (AvgIpc) is 2.29. The molecule has 1 rings (SSSR count). The molecule has 0 saturated carbocycles. The molecule has 3 heteroatoms. The Morgan fingerprint density at radius 1 is 1.38 bits per heavy atom. The van der Waals surface area contributed by atoms with Gasteiger partial charge in [0.25, 0.3) is 0 Å². The van der Waals surface area contributed by atoms with E-state index in [2.05, 4.69) is 6.58 Å². The van der Waals surface area contributed by atoms with Gasteiger partial charge in [0.05, 0.1) is 7.11 Å². The average molecular weight is 220 g/mol. The van der Waals surface area contributed by atoms with E-state index < -0.39 is 0 Å². The zero-order valence-corrected chi connectivity index (χ0v) is 9.87. The van der Waals surface area contributed by atoms with Crippen LogP contribution in [0.5, 0.6) is 5.75 Å². The Kier molecular flexibility index (Phi) is 4.11. The monoisotopic (exact) mass is 220 g/mol. The summed E-state index contributed by atoms with van der Waals surface area (Å²) in [7, 11) is 1.36. The van der Waals surface area contributed by atoms with Crippen LogP contribution in [0, 0.1) is 13.8 Å². The zero-order valence-electron chi connectivity index (χ0n) is 9.87. The van der Waals surface area contributed by atoms with Crippen LogP contribution in [0.3, 0.4) is 0 Å². The molecule has 0 aromatic heterocycles. The molecule has 1 aromatic carbocycles. The first-order valence-corrected chi connectivity index (χ1v) is 5.03. The molecule has 0 aliphatic rings. The van der Waals surface area contributed by atoms with Crippen LogP contribution in [-0.4, -0.2) is 19.7 Å². The lowest BCUT2D eigenvalue weighted by atomic mass is 10.1. The Labute approximate surface area is 95.7 Å². The van der Waals surface area contributed by atoms with E-state index in [-0.39, 0.29) is 5.97 Å². The quantitative estimate of drug-likeness (QED) is 0.578. The van der Waals surface area contributed by atoms with Crippen LogP contribution in [0.25, 0.3) is 0 Å². The normalized spacial score (nSPS) is 9.69. The molecule has 3 nitrogen and oxygen atoms in total. The number of carbonyl (C=O) groups excluding carboxylic acids is 1. The summed E-state index contributed by atoms with van der Waals surface area (Å²) in [6, 6.07) is 3.62. The molecule has 16 heavy (non-hydrogen) atoms. The van der Waals surface area contributed by atoms with E-state index in [1.165, 1.54) is 7.11 Å². The zero-order chi connectivity index (χ0) is 12.1. The second kappa shape index (κ2) is 5.35. The van der Waals surface area contributed by atoms with Gasteiger partial charge in [-0.25, -0.2) is 4.79 Å². The fraction of sp³-hybridized carbons (Fsp3) is 0.308. The first-order valence-electron chi connectivity index (χ1n) is 5.03. The van der Waals surface area contributed by atoms with Crippen molar-refractivity contribution in [3.05, 3.63) is 41.5 Å². The molecule has 86 valence electrons. The minimum Gasteiger partial charge on any atom is -0.489 e. The van der Waals surface area contributed by atoms with E-state index in [1.807, 2.05) is 19.9 Å². The molecular weight excluding hydrogens is 204 g/mol. The summed E-state index contributed by atoms with van der Waals surface area (Å²) in [6.07, 6.45) is 1.64. The molecule has 0 aliphatic carbocycles. The standard InChI is InChI=1S/C13H16O3/c1-5-6-16-12-8-10(3)9(2)7-11(12)13(14)15-4/h5,7-8H,1,6H2,2-4H3.